The summed E-state index contributed by atoms with van der Waals surface area (Å²) in [6, 6.07) is 16.4. The molecule has 0 saturated carbocycles. The minimum Gasteiger partial charge on any atom is -0.457 e. The summed E-state index contributed by atoms with van der Waals surface area (Å²) in [6.07, 6.45) is -4.77. The van der Waals surface area contributed by atoms with E-state index in [4.69, 9.17) is 9.47 Å². The van der Waals surface area contributed by atoms with Crippen molar-refractivity contribution >= 4 is 20.9 Å². The molecule has 234 valence electrons. The van der Waals surface area contributed by atoms with Gasteiger partial charge in [0.1, 0.15) is 34.5 Å². The molecule has 0 radical (unpaired) electrons. The van der Waals surface area contributed by atoms with E-state index >= 15 is 0 Å². The number of aromatic nitrogens is 2. The van der Waals surface area contributed by atoms with Gasteiger partial charge in [-0.3, -0.25) is 4.68 Å². The van der Waals surface area contributed by atoms with Crippen LogP contribution in [-0.2, 0) is 27.5 Å². The molecule has 0 N–H and O–H groups in total. The molecular formula is C31H23F6N3O4S. The lowest BCUT2D eigenvalue weighted by Crippen LogP contribution is -2.40. The van der Waals surface area contributed by atoms with Crippen LogP contribution in [0.25, 0.3) is 22.2 Å². The Labute approximate surface area is 253 Å². The summed E-state index contributed by atoms with van der Waals surface area (Å²) in [5, 5.41) is 4.16. The molecule has 1 aliphatic rings. The molecule has 0 spiro atoms. The summed E-state index contributed by atoms with van der Waals surface area (Å²) in [7, 11) is -3.73. The molecule has 45 heavy (non-hydrogen) atoms. The van der Waals surface area contributed by atoms with Gasteiger partial charge in [0.15, 0.2) is 0 Å². The van der Waals surface area contributed by atoms with E-state index in [1.54, 1.807) is 18.2 Å². The van der Waals surface area contributed by atoms with Gasteiger partial charge < -0.3 is 9.47 Å². The first kappa shape index (κ1) is 30.6. The van der Waals surface area contributed by atoms with Crippen LogP contribution in [0.2, 0.25) is 0 Å². The standard InChI is InChI=1S/C31H23F6N3O4S/c32-20-16-27(33)25(28(34)17-20)18-40-30(24-5-2-6-26(29(24)38-40)31(35,36)37)19-3-1-4-22(15-19)44-21-7-9-23(10-8-21)45(41,42)39-11-13-43-14-12-39/h1-10,15-17H,11-14,18H2. The van der Waals surface area contributed by atoms with Crippen LogP contribution in [0, 0.1) is 17.5 Å². The topological polar surface area (TPSA) is 73.7 Å². The number of hydrogen-bond donors (Lipinski definition) is 0. The monoisotopic (exact) mass is 647 g/mol. The second-order valence-electron chi connectivity index (χ2n) is 10.2. The highest BCUT2D eigenvalue weighted by molar-refractivity contribution is 7.89. The van der Waals surface area contributed by atoms with Gasteiger partial charge in [0.2, 0.25) is 10.0 Å². The highest BCUT2D eigenvalue weighted by Crippen LogP contribution is 2.39. The van der Waals surface area contributed by atoms with Crippen LogP contribution in [-0.4, -0.2) is 48.8 Å². The van der Waals surface area contributed by atoms with E-state index in [2.05, 4.69) is 5.10 Å². The Kier molecular flexibility index (Phi) is 8.05. The summed E-state index contributed by atoms with van der Waals surface area (Å²) in [4.78, 5) is 0.0709. The minimum atomic E-state index is -4.77. The van der Waals surface area contributed by atoms with Crippen molar-refractivity contribution < 1.29 is 44.2 Å². The van der Waals surface area contributed by atoms with Crippen molar-refractivity contribution in [3.63, 3.8) is 0 Å². The number of benzene rings is 4. The maximum Gasteiger partial charge on any atom is 0.418 e. The van der Waals surface area contributed by atoms with Crippen LogP contribution < -0.4 is 4.74 Å². The number of sulfonamides is 1. The van der Waals surface area contributed by atoms with E-state index in [1.165, 1.54) is 46.8 Å². The Morgan fingerprint density at radius 3 is 2.18 bits per heavy atom. The molecule has 4 aromatic carbocycles. The first-order valence-electron chi connectivity index (χ1n) is 13.6. The normalized spacial score (nSPS) is 14.6. The van der Waals surface area contributed by atoms with Gasteiger partial charge in [-0.25, -0.2) is 21.6 Å². The van der Waals surface area contributed by atoms with E-state index in [1.807, 2.05) is 0 Å². The zero-order valence-corrected chi connectivity index (χ0v) is 24.0. The van der Waals surface area contributed by atoms with Gasteiger partial charge in [-0.05, 0) is 42.5 Å². The minimum absolute atomic E-state index is 0.0579. The van der Waals surface area contributed by atoms with Crippen LogP contribution in [0.4, 0.5) is 26.3 Å². The SMILES string of the molecule is O=S(=O)(c1ccc(Oc2cccc(-c3c4cccc(C(F)(F)F)c4nn3Cc3c(F)cc(F)cc3F)c2)cc1)N1CCOCC1. The maximum absolute atomic E-state index is 14.6. The number of morpholine rings is 1. The molecule has 2 heterocycles. The van der Waals surface area contributed by atoms with Gasteiger partial charge in [-0.1, -0.05) is 24.3 Å². The molecule has 1 saturated heterocycles. The molecule has 1 fully saturated rings. The van der Waals surface area contributed by atoms with E-state index in [0.29, 0.717) is 30.9 Å². The second-order valence-corrected chi connectivity index (χ2v) is 12.1. The quantitative estimate of drug-likeness (QED) is 0.178. The number of ether oxygens (including phenoxy) is 2. The van der Waals surface area contributed by atoms with Crippen molar-refractivity contribution in [2.75, 3.05) is 26.3 Å². The maximum atomic E-state index is 14.6. The molecule has 14 heteroatoms. The van der Waals surface area contributed by atoms with E-state index in [0.717, 1.165) is 10.7 Å². The molecule has 5 aromatic rings. The van der Waals surface area contributed by atoms with Gasteiger partial charge in [-0.2, -0.15) is 22.6 Å². The Bertz CT molecular complexity index is 1970. The van der Waals surface area contributed by atoms with Crippen LogP contribution in [0.3, 0.4) is 0 Å². The molecule has 0 amide bonds. The molecule has 1 aromatic heterocycles. The summed E-state index contributed by atoms with van der Waals surface area (Å²) < 4.78 is 124. The predicted molar refractivity (Wildman–Crippen MR) is 152 cm³/mol. The first-order valence-corrected chi connectivity index (χ1v) is 15.0. The lowest BCUT2D eigenvalue weighted by Gasteiger charge is -2.26. The third-order valence-corrected chi connectivity index (χ3v) is 9.18. The number of halogens is 6. The van der Waals surface area contributed by atoms with Gasteiger partial charge in [-0.15, -0.1) is 0 Å². The lowest BCUT2D eigenvalue weighted by atomic mass is 10.0. The number of rotatable bonds is 7. The van der Waals surface area contributed by atoms with Crippen molar-refractivity contribution in [1.29, 1.82) is 0 Å². The highest BCUT2D eigenvalue weighted by atomic mass is 32.2. The zero-order valence-electron chi connectivity index (χ0n) is 23.2. The Morgan fingerprint density at radius 1 is 0.844 bits per heavy atom. The third-order valence-electron chi connectivity index (χ3n) is 7.26. The van der Waals surface area contributed by atoms with Crippen molar-refractivity contribution in [2.45, 2.75) is 17.6 Å². The smallest absolute Gasteiger partial charge is 0.418 e. The molecule has 7 nitrogen and oxygen atoms in total. The van der Waals surface area contributed by atoms with Crippen LogP contribution >= 0.6 is 0 Å². The molecule has 0 aliphatic carbocycles. The van der Waals surface area contributed by atoms with E-state index in [-0.39, 0.29) is 40.6 Å². The van der Waals surface area contributed by atoms with Crippen molar-refractivity contribution in [2.24, 2.45) is 0 Å². The van der Waals surface area contributed by atoms with E-state index < -0.39 is 56.8 Å². The predicted octanol–water partition coefficient (Wildman–Crippen LogP) is 7.00. The van der Waals surface area contributed by atoms with Gasteiger partial charge in [0.05, 0.1) is 35.9 Å². The van der Waals surface area contributed by atoms with Crippen molar-refractivity contribution in [3.8, 4) is 22.8 Å². The van der Waals surface area contributed by atoms with Crippen LogP contribution in [0.5, 0.6) is 11.5 Å². The van der Waals surface area contributed by atoms with Gasteiger partial charge in [0, 0.05) is 41.7 Å². The number of nitrogens with zero attached hydrogens (tertiary/aromatic N) is 3. The summed E-state index contributed by atoms with van der Waals surface area (Å²) >= 11 is 0. The average molecular weight is 648 g/mol. The van der Waals surface area contributed by atoms with E-state index in [9.17, 15) is 34.8 Å². The fourth-order valence-electron chi connectivity index (χ4n) is 5.13. The van der Waals surface area contributed by atoms with Crippen molar-refractivity contribution in [1.82, 2.24) is 14.1 Å². The number of fused-ring (bicyclic) bond motifs is 1. The fourth-order valence-corrected chi connectivity index (χ4v) is 6.54. The zero-order chi connectivity index (χ0) is 31.9. The second kappa shape index (κ2) is 11.8. The summed E-state index contributed by atoms with van der Waals surface area (Å²) in [6.45, 7) is 0.447. The molecule has 0 atom stereocenters. The van der Waals surface area contributed by atoms with Gasteiger partial charge in [0.25, 0.3) is 0 Å². The molecule has 6 rings (SSSR count). The average Bonchev–Trinajstić information content (AvgIpc) is 3.37. The highest BCUT2D eigenvalue weighted by Gasteiger charge is 2.35. The molecule has 0 bridgehead atoms. The first-order chi connectivity index (χ1) is 21.4. The molecule has 1 aliphatic heterocycles. The third kappa shape index (κ3) is 6.13. The van der Waals surface area contributed by atoms with Crippen LogP contribution in [0.1, 0.15) is 11.1 Å². The molecule has 0 unspecified atom stereocenters. The lowest BCUT2D eigenvalue weighted by molar-refractivity contribution is -0.136. The van der Waals surface area contributed by atoms with Crippen LogP contribution in [0.15, 0.2) is 83.8 Å². The number of hydrogen-bond acceptors (Lipinski definition) is 5. The number of alkyl halides is 3. The summed E-state index contributed by atoms with van der Waals surface area (Å²) in [5.41, 5.74) is -1.65. The summed E-state index contributed by atoms with van der Waals surface area (Å²) in [5.74, 6) is -3.06. The molecular weight excluding hydrogens is 624 g/mol. The fraction of sp³-hybridized carbons (Fsp3) is 0.194. The van der Waals surface area contributed by atoms with Crippen molar-refractivity contribution in [3.05, 3.63) is 107 Å². The Balaban J connectivity index is 1.37. The Hall–Kier alpha value is -4.40. The van der Waals surface area contributed by atoms with Gasteiger partial charge >= 0.3 is 6.18 Å². The largest absolute Gasteiger partial charge is 0.457 e. The Morgan fingerprint density at radius 2 is 1.51 bits per heavy atom.